The lowest BCUT2D eigenvalue weighted by Crippen LogP contribution is -2.42. The summed E-state index contributed by atoms with van der Waals surface area (Å²) in [7, 11) is 0. The summed E-state index contributed by atoms with van der Waals surface area (Å²) in [5, 5.41) is 0. The number of likely N-dealkylation sites (tertiary alicyclic amines) is 1. The van der Waals surface area contributed by atoms with Crippen molar-refractivity contribution < 1.29 is 22.7 Å². The van der Waals surface area contributed by atoms with Crippen LogP contribution in [0.3, 0.4) is 0 Å². The molecule has 3 heterocycles. The number of amides is 1. The van der Waals surface area contributed by atoms with Crippen molar-refractivity contribution >= 4 is 5.91 Å². The van der Waals surface area contributed by atoms with Gasteiger partial charge in [-0.2, -0.15) is 13.2 Å². The number of alkyl halides is 3. The predicted octanol–water partition coefficient (Wildman–Crippen LogP) is 3.14. The van der Waals surface area contributed by atoms with E-state index >= 15 is 0 Å². The number of pyridine rings is 1. The molecule has 0 aliphatic carbocycles. The van der Waals surface area contributed by atoms with Crippen LogP contribution in [0.1, 0.15) is 41.4 Å². The van der Waals surface area contributed by atoms with Crippen LogP contribution in [0.2, 0.25) is 0 Å². The fraction of sp³-hybridized carbons (Fsp3) is 0.444. The quantitative estimate of drug-likeness (QED) is 0.815. The van der Waals surface area contributed by atoms with Crippen molar-refractivity contribution in [1.29, 1.82) is 0 Å². The number of hydrogen-bond acceptors (Lipinski definition) is 5. The van der Waals surface area contributed by atoms with Crippen LogP contribution in [-0.2, 0) is 12.6 Å². The molecule has 9 heteroatoms. The molecule has 6 nitrogen and oxygen atoms in total. The van der Waals surface area contributed by atoms with Crippen LogP contribution in [0, 0.1) is 0 Å². The van der Waals surface area contributed by atoms with Gasteiger partial charge in [0.1, 0.15) is 11.8 Å². The summed E-state index contributed by atoms with van der Waals surface area (Å²) in [6, 6.07) is 2.29. The summed E-state index contributed by atoms with van der Waals surface area (Å²) >= 11 is 0. The predicted molar refractivity (Wildman–Crippen MR) is 90.2 cm³/mol. The molecule has 1 aliphatic rings. The van der Waals surface area contributed by atoms with Gasteiger partial charge in [0, 0.05) is 44.5 Å². The van der Waals surface area contributed by atoms with E-state index in [1.54, 1.807) is 17.3 Å². The lowest BCUT2D eigenvalue weighted by molar-refractivity contribution is -0.141. The highest BCUT2D eigenvalue weighted by Crippen LogP contribution is 2.27. The molecule has 27 heavy (non-hydrogen) atoms. The third kappa shape index (κ3) is 4.72. The van der Waals surface area contributed by atoms with E-state index in [2.05, 4.69) is 15.0 Å². The van der Waals surface area contributed by atoms with Gasteiger partial charge in [0.25, 0.3) is 5.91 Å². The van der Waals surface area contributed by atoms with E-state index in [-0.39, 0.29) is 17.6 Å². The smallest absolute Gasteiger partial charge is 0.433 e. The van der Waals surface area contributed by atoms with Crippen LogP contribution < -0.4 is 4.74 Å². The number of ether oxygens (including phenoxy) is 1. The number of carbonyl (C=O) groups excluding carboxylic acids is 1. The van der Waals surface area contributed by atoms with E-state index in [9.17, 15) is 18.0 Å². The first-order valence-corrected chi connectivity index (χ1v) is 8.67. The molecule has 0 N–H and O–H groups in total. The number of carbonyl (C=O) groups is 1. The molecule has 0 bridgehead atoms. The SMILES string of the molecule is CCc1cnc(OC2CCN(C(=O)c3ccc(C(F)(F)F)nc3)CC2)nc1. The second-order valence-corrected chi connectivity index (χ2v) is 6.27. The molecular weight excluding hydrogens is 361 g/mol. The van der Waals surface area contributed by atoms with E-state index in [1.807, 2.05) is 6.92 Å². The molecule has 0 spiro atoms. The Morgan fingerprint density at radius 3 is 2.33 bits per heavy atom. The minimum absolute atomic E-state index is 0.104. The minimum Gasteiger partial charge on any atom is -0.460 e. The second-order valence-electron chi connectivity index (χ2n) is 6.27. The molecule has 1 aliphatic heterocycles. The number of nitrogens with zero attached hydrogens (tertiary/aromatic N) is 4. The highest BCUT2D eigenvalue weighted by atomic mass is 19.4. The number of rotatable bonds is 4. The maximum atomic E-state index is 12.6. The molecule has 144 valence electrons. The summed E-state index contributed by atoms with van der Waals surface area (Å²) in [6.07, 6.45) is 1.83. The topological polar surface area (TPSA) is 68.2 Å². The van der Waals surface area contributed by atoms with Crippen LogP contribution >= 0.6 is 0 Å². The number of aromatic nitrogens is 3. The van der Waals surface area contributed by atoms with Gasteiger partial charge in [-0.1, -0.05) is 6.92 Å². The monoisotopic (exact) mass is 380 g/mol. The van der Waals surface area contributed by atoms with Crippen molar-refractivity contribution in [2.45, 2.75) is 38.5 Å². The maximum Gasteiger partial charge on any atom is 0.433 e. The van der Waals surface area contributed by atoms with Gasteiger partial charge in [-0.15, -0.1) is 0 Å². The van der Waals surface area contributed by atoms with Crippen LogP contribution in [-0.4, -0.2) is 45.0 Å². The highest BCUT2D eigenvalue weighted by Gasteiger charge is 2.32. The average molecular weight is 380 g/mol. The fourth-order valence-electron chi connectivity index (χ4n) is 2.78. The molecule has 1 fully saturated rings. The van der Waals surface area contributed by atoms with Gasteiger partial charge >= 0.3 is 12.2 Å². The largest absolute Gasteiger partial charge is 0.460 e. The number of hydrogen-bond donors (Lipinski definition) is 0. The van der Waals surface area contributed by atoms with Crippen molar-refractivity contribution in [3.63, 3.8) is 0 Å². The summed E-state index contributed by atoms with van der Waals surface area (Å²) in [5.74, 6) is -0.335. The molecule has 1 saturated heterocycles. The third-order valence-corrected chi connectivity index (χ3v) is 4.39. The Balaban J connectivity index is 1.54. The number of aryl methyl sites for hydroxylation is 1. The van der Waals surface area contributed by atoms with E-state index in [0.717, 1.165) is 30.3 Å². The van der Waals surface area contributed by atoms with E-state index in [4.69, 9.17) is 4.74 Å². The Kier molecular flexibility index (Phi) is 5.57. The van der Waals surface area contributed by atoms with Gasteiger partial charge in [-0.05, 0) is 24.1 Å². The Labute approximate surface area is 154 Å². The van der Waals surface area contributed by atoms with Gasteiger partial charge in [0.15, 0.2) is 0 Å². The summed E-state index contributed by atoms with van der Waals surface area (Å²) in [5.41, 5.74) is 0.147. The Morgan fingerprint density at radius 1 is 1.15 bits per heavy atom. The lowest BCUT2D eigenvalue weighted by Gasteiger charge is -2.31. The lowest BCUT2D eigenvalue weighted by atomic mass is 10.1. The van der Waals surface area contributed by atoms with Crippen molar-refractivity contribution in [3.8, 4) is 6.01 Å². The molecule has 2 aromatic rings. The first kappa shape index (κ1) is 19.1. The molecule has 0 unspecified atom stereocenters. The summed E-state index contributed by atoms with van der Waals surface area (Å²) in [6.45, 7) is 2.90. The standard InChI is InChI=1S/C18H19F3N4O2/c1-2-12-9-23-17(24-10-12)27-14-5-7-25(8-6-14)16(26)13-3-4-15(22-11-13)18(19,20)21/h3-4,9-11,14H,2,5-8H2,1H3. The zero-order valence-corrected chi connectivity index (χ0v) is 14.7. The molecule has 0 radical (unpaired) electrons. The fourth-order valence-corrected chi connectivity index (χ4v) is 2.78. The van der Waals surface area contributed by atoms with Crippen LogP contribution in [0.25, 0.3) is 0 Å². The average Bonchev–Trinajstić information content (AvgIpc) is 2.68. The Morgan fingerprint density at radius 2 is 1.81 bits per heavy atom. The van der Waals surface area contributed by atoms with E-state index in [1.165, 1.54) is 0 Å². The molecule has 0 atom stereocenters. The molecule has 1 amide bonds. The highest BCUT2D eigenvalue weighted by molar-refractivity contribution is 5.94. The minimum atomic E-state index is -4.52. The molecule has 2 aromatic heterocycles. The van der Waals surface area contributed by atoms with Crippen molar-refractivity contribution in [2.75, 3.05) is 13.1 Å². The van der Waals surface area contributed by atoms with Gasteiger partial charge in [0.05, 0.1) is 5.56 Å². The zero-order chi connectivity index (χ0) is 19.4. The molecular formula is C18H19F3N4O2. The van der Waals surface area contributed by atoms with Crippen LogP contribution in [0.5, 0.6) is 6.01 Å². The number of piperidine rings is 1. The van der Waals surface area contributed by atoms with Crippen molar-refractivity contribution in [3.05, 3.63) is 47.5 Å². The van der Waals surface area contributed by atoms with Gasteiger partial charge < -0.3 is 9.64 Å². The molecule has 3 rings (SSSR count). The summed E-state index contributed by atoms with van der Waals surface area (Å²) in [4.78, 5) is 25.7. The Bertz CT molecular complexity index is 771. The zero-order valence-electron chi connectivity index (χ0n) is 14.7. The first-order chi connectivity index (χ1) is 12.9. The number of halogens is 3. The second kappa shape index (κ2) is 7.89. The summed E-state index contributed by atoms with van der Waals surface area (Å²) < 4.78 is 43.4. The van der Waals surface area contributed by atoms with Gasteiger partial charge in [-0.25, -0.2) is 9.97 Å². The Hall–Kier alpha value is -2.71. The van der Waals surface area contributed by atoms with E-state index in [0.29, 0.717) is 31.9 Å². The van der Waals surface area contributed by atoms with Crippen molar-refractivity contribution in [1.82, 2.24) is 19.9 Å². The van der Waals surface area contributed by atoms with Crippen LogP contribution in [0.4, 0.5) is 13.2 Å². The first-order valence-electron chi connectivity index (χ1n) is 8.67. The third-order valence-electron chi connectivity index (χ3n) is 4.39. The normalized spacial score (nSPS) is 15.6. The van der Waals surface area contributed by atoms with E-state index < -0.39 is 11.9 Å². The van der Waals surface area contributed by atoms with Crippen molar-refractivity contribution in [2.24, 2.45) is 0 Å². The van der Waals surface area contributed by atoms with Crippen LogP contribution in [0.15, 0.2) is 30.7 Å². The van der Waals surface area contributed by atoms with Gasteiger partial charge in [0.2, 0.25) is 0 Å². The van der Waals surface area contributed by atoms with Gasteiger partial charge in [-0.3, -0.25) is 9.78 Å². The molecule has 0 aromatic carbocycles. The molecule has 0 saturated carbocycles. The maximum absolute atomic E-state index is 12.6.